The Balaban J connectivity index is 1.72. The van der Waals surface area contributed by atoms with Gasteiger partial charge in [-0.25, -0.2) is 9.18 Å². The van der Waals surface area contributed by atoms with Crippen LogP contribution >= 0.6 is 0 Å². The lowest BCUT2D eigenvalue weighted by Crippen LogP contribution is -2.31. The van der Waals surface area contributed by atoms with Crippen molar-refractivity contribution in [1.82, 2.24) is 4.98 Å². The first-order chi connectivity index (χ1) is 12.3. The number of ether oxygens (including phenoxy) is 1. The van der Waals surface area contributed by atoms with Crippen molar-refractivity contribution in [2.45, 2.75) is 51.7 Å². The van der Waals surface area contributed by atoms with Crippen LogP contribution in [0.2, 0.25) is 0 Å². The molecular weight excluding hydrogens is 331 g/mol. The van der Waals surface area contributed by atoms with Gasteiger partial charge >= 0.3 is 5.97 Å². The summed E-state index contributed by atoms with van der Waals surface area (Å²) >= 11 is 0. The first-order valence-electron chi connectivity index (χ1n) is 9.25. The van der Waals surface area contributed by atoms with Crippen molar-refractivity contribution >= 4 is 22.6 Å². The number of esters is 1. The van der Waals surface area contributed by atoms with E-state index in [1.54, 1.807) is 12.3 Å². The van der Waals surface area contributed by atoms with Gasteiger partial charge in [0.1, 0.15) is 12.3 Å². The van der Waals surface area contributed by atoms with Crippen molar-refractivity contribution in [3.8, 4) is 0 Å². The first kappa shape index (κ1) is 17.3. The van der Waals surface area contributed by atoms with Gasteiger partial charge in [0.15, 0.2) is 0 Å². The van der Waals surface area contributed by atoms with Gasteiger partial charge in [-0.05, 0) is 69.7 Å². The maximum absolute atomic E-state index is 13.6. The van der Waals surface area contributed by atoms with Gasteiger partial charge < -0.3 is 9.64 Å². The maximum Gasteiger partial charge on any atom is 0.339 e. The number of pyridine rings is 1. The lowest BCUT2D eigenvalue weighted by atomic mass is 10.0. The molecule has 4 rings (SSSR count). The number of carbonyl (C=O) groups is 1. The summed E-state index contributed by atoms with van der Waals surface area (Å²) in [4.78, 5) is 19.2. The second-order valence-electron chi connectivity index (χ2n) is 8.70. The number of fused-ring (bicyclic) bond motifs is 1. The average Bonchev–Trinajstić information content (AvgIpc) is 3.23. The largest absolute Gasteiger partial charge is 0.456 e. The van der Waals surface area contributed by atoms with E-state index in [9.17, 15) is 9.18 Å². The Morgan fingerprint density at radius 1 is 1.35 bits per heavy atom. The van der Waals surface area contributed by atoms with Crippen molar-refractivity contribution in [2.24, 2.45) is 5.41 Å². The highest BCUT2D eigenvalue weighted by molar-refractivity contribution is 6.04. The maximum atomic E-state index is 13.6. The van der Waals surface area contributed by atoms with E-state index in [0.717, 1.165) is 29.6 Å². The standard InChI is InChI=1S/C21H25FN2O2/c1-20(2,3)26-19(25)16-6-9-23-18-5-4-14(10-17(16)18)24-13-21(7-8-21)11-15(24)12-22/h4-6,9-10,15H,7-8,11-13H2,1-3H3/t15-/m1/s1. The predicted molar refractivity (Wildman–Crippen MR) is 100 cm³/mol. The van der Waals surface area contributed by atoms with Crippen LogP contribution in [0.5, 0.6) is 0 Å². The van der Waals surface area contributed by atoms with Crippen LogP contribution in [0, 0.1) is 5.41 Å². The van der Waals surface area contributed by atoms with Crippen molar-refractivity contribution in [3.05, 3.63) is 36.0 Å². The topological polar surface area (TPSA) is 42.4 Å². The highest BCUT2D eigenvalue weighted by Crippen LogP contribution is 2.55. The molecular formula is C21H25FN2O2. The number of nitrogens with zero attached hydrogens (tertiary/aromatic N) is 2. The quantitative estimate of drug-likeness (QED) is 0.759. The van der Waals surface area contributed by atoms with Gasteiger partial charge in [0.25, 0.3) is 0 Å². The number of hydrogen-bond donors (Lipinski definition) is 0. The van der Waals surface area contributed by atoms with Gasteiger partial charge in [0.2, 0.25) is 0 Å². The summed E-state index contributed by atoms with van der Waals surface area (Å²) in [6, 6.07) is 7.48. The van der Waals surface area contributed by atoms with Crippen LogP contribution in [0.3, 0.4) is 0 Å². The van der Waals surface area contributed by atoms with Crippen LogP contribution in [-0.2, 0) is 4.74 Å². The zero-order chi connectivity index (χ0) is 18.5. The van der Waals surface area contributed by atoms with Gasteiger partial charge in [-0.2, -0.15) is 0 Å². The molecule has 0 radical (unpaired) electrons. The van der Waals surface area contributed by atoms with Crippen molar-refractivity contribution in [2.75, 3.05) is 18.1 Å². The number of alkyl halides is 1. The summed E-state index contributed by atoms with van der Waals surface area (Å²) in [5.41, 5.74) is 1.96. The number of aromatic nitrogens is 1. The van der Waals surface area contributed by atoms with E-state index in [1.807, 2.05) is 39.0 Å². The summed E-state index contributed by atoms with van der Waals surface area (Å²) in [7, 11) is 0. The summed E-state index contributed by atoms with van der Waals surface area (Å²) in [6.45, 7) is 6.11. The average molecular weight is 356 g/mol. The van der Waals surface area contributed by atoms with E-state index in [-0.39, 0.29) is 18.7 Å². The Hall–Kier alpha value is -2.17. The van der Waals surface area contributed by atoms with Gasteiger partial charge in [-0.15, -0.1) is 0 Å². The molecule has 2 aromatic rings. The number of anilines is 1. The molecule has 1 spiro atoms. The molecule has 5 heteroatoms. The van der Waals surface area contributed by atoms with E-state index in [2.05, 4.69) is 9.88 Å². The summed E-state index contributed by atoms with van der Waals surface area (Å²) < 4.78 is 19.1. The van der Waals surface area contributed by atoms with Crippen molar-refractivity contribution < 1.29 is 13.9 Å². The Morgan fingerprint density at radius 3 is 2.77 bits per heavy atom. The molecule has 1 saturated heterocycles. The highest BCUT2D eigenvalue weighted by Gasteiger charge is 2.51. The van der Waals surface area contributed by atoms with Crippen molar-refractivity contribution in [1.29, 1.82) is 0 Å². The number of rotatable bonds is 3. The normalized spacial score (nSPS) is 21.4. The molecule has 1 aliphatic carbocycles. The van der Waals surface area contributed by atoms with Crippen LogP contribution in [0.4, 0.5) is 10.1 Å². The third-order valence-electron chi connectivity index (χ3n) is 5.43. The van der Waals surface area contributed by atoms with Crippen LogP contribution in [0.1, 0.15) is 50.4 Å². The van der Waals surface area contributed by atoms with Crippen LogP contribution in [-0.4, -0.2) is 35.8 Å². The lowest BCUT2D eigenvalue weighted by molar-refractivity contribution is 0.00718. The molecule has 1 aromatic carbocycles. The molecule has 2 fully saturated rings. The molecule has 138 valence electrons. The van der Waals surface area contributed by atoms with Gasteiger partial charge in [-0.1, -0.05) is 0 Å². The predicted octanol–water partition coefficient (Wildman–Crippen LogP) is 4.52. The number of benzene rings is 1. The molecule has 1 saturated carbocycles. The molecule has 4 nitrogen and oxygen atoms in total. The number of hydrogen-bond acceptors (Lipinski definition) is 4. The molecule has 2 aliphatic rings. The Labute approximate surface area is 153 Å². The van der Waals surface area contributed by atoms with Crippen LogP contribution < -0.4 is 4.90 Å². The van der Waals surface area contributed by atoms with Gasteiger partial charge in [0.05, 0.1) is 17.1 Å². The van der Waals surface area contributed by atoms with Gasteiger partial charge in [-0.3, -0.25) is 4.98 Å². The summed E-state index contributed by atoms with van der Waals surface area (Å²) in [6.07, 6.45) is 4.94. The SMILES string of the molecule is CC(C)(C)OC(=O)c1ccnc2ccc(N3CC4(CC4)C[C@@H]3CF)cc12. The fraction of sp³-hybridized carbons (Fsp3) is 0.524. The second kappa shape index (κ2) is 5.93. The van der Waals surface area contributed by atoms with E-state index < -0.39 is 5.60 Å². The van der Waals surface area contributed by atoms with E-state index >= 15 is 0 Å². The molecule has 1 aromatic heterocycles. The highest BCUT2D eigenvalue weighted by atomic mass is 19.1. The first-order valence-corrected chi connectivity index (χ1v) is 9.25. The molecule has 0 amide bonds. The van der Waals surface area contributed by atoms with Gasteiger partial charge in [0, 0.05) is 23.8 Å². The fourth-order valence-electron chi connectivity index (χ4n) is 3.97. The number of carbonyl (C=O) groups excluding carboxylic acids is 1. The number of halogens is 1. The summed E-state index contributed by atoms with van der Waals surface area (Å²) in [5.74, 6) is -0.357. The van der Waals surface area contributed by atoms with Crippen LogP contribution in [0.15, 0.2) is 30.5 Å². The smallest absolute Gasteiger partial charge is 0.339 e. The zero-order valence-electron chi connectivity index (χ0n) is 15.6. The Bertz CT molecular complexity index is 855. The minimum atomic E-state index is -0.559. The third kappa shape index (κ3) is 3.15. The third-order valence-corrected chi connectivity index (χ3v) is 5.43. The second-order valence-corrected chi connectivity index (χ2v) is 8.70. The fourth-order valence-corrected chi connectivity index (χ4v) is 3.97. The minimum absolute atomic E-state index is 0.0726. The molecule has 1 aliphatic heterocycles. The minimum Gasteiger partial charge on any atom is -0.456 e. The molecule has 26 heavy (non-hydrogen) atoms. The Morgan fingerprint density at radius 2 is 2.12 bits per heavy atom. The summed E-state index contributed by atoms with van der Waals surface area (Å²) in [5, 5.41) is 0.758. The molecule has 0 bridgehead atoms. The molecule has 1 atom stereocenters. The van der Waals surface area contributed by atoms with Crippen LogP contribution in [0.25, 0.3) is 10.9 Å². The zero-order valence-corrected chi connectivity index (χ0v) is 15.6. The Kier molecular flexibility index (Phi) is 3.94. The molecule has 0 N–H and O–H groups in total. The monoisotopic (exact) mass is 356 g/mol. The lowest BCUT2D eigenvalue weighted by Gasteiger charge is -2.25. The van der Waals surface area contributed by atoms with E-state index in [1.165, 1.54) is 12.8 Å². The molecule has 0 unspecified atom stereocenters. The molecule has 2 heterocycles. The van der Waals surface area contributed by atoms with E-state index in [4.69, 9.17) is 4.74 Å². The van der Waals surface area contributed by atoms with E-state index in [0.29, 0.717) is 11.0 Å². The van der Waals surface area contributed by atoms with Crippen molar-refractivity contribution in [3.63, 3.8) is 0 Å².